The van der Waals surface area contributed by atoms with Gasteiger partial charge in [-0.1, -0.05) is 16.8 Å². The van der Waals surface area contributed by atoms with E-state index in [-0.39, 0.29) is 5.91 Å². The van der Waals surface area contributed by atoms with Gasteiger partial charge in [-0.25, -0.2) is 4.79 Å². The van der Waals surface area contributed by atoms with E-state index in [1.54, 1.807) is 0 Å². The molecule has 0 saturated carbocycles. The van der Waals surface area contributed by atoms with Gasteiger partial charge in [0.2, 0.25) is 0 Å². The lowest BCUT2D eigenvalue weighted by molar-refractivity contribution is -0.132. The van der Waals surface area contributed by atoms with Crippen LogP contribution in [-0.2, 0) is 14.4 Å². The number of methoxy groups -OCH3 is 1. The van der Waals surface area contributed by atoms with Gasteiger partial charge in [0.15, 0.2) is 5.71 Å². The number of rotatable bonds is 2. The molecule has 0 aliphatic carbocycles. The number of aryl methyl sites for hydroxylation is 1. The Labute approximate surface area is 148 Å². The second kappa shape index (κ2) is 6.55. The summed E-state index contributed by atoms with van der Waals surface area (Å²) in [6, 6.07) is 5.75. The molecule has 0 aromatic heterocycles. The Morgan fingerprint density at radius 2 is 2.04 bits per heavy atom. The van der Waals surface area contributed by atoms with Crippen molar-refractivity contribution in [2.45, 2.75) is 31.8 Å². The molecule has 7 heteroatoms. The Morgan fingerprint density at radius 3 is 2.71 bits per heavy atom. The molecule has 1 fully saturated rings. The number of halogens is 1. The summed E-state index contributed by atoms with van der Waals surface area (Å²) in [6.45, 7) is 3.11. The molecule has 0 atom stereocenters. The number of nitrogens with zero attached hydrogens (tertiary/aromatic N) is 2. The van der Waals surface area contributed by atoms with Crippen molar-refractivity contribution >= 4 is 33.5 Å². The minimum atomic E-state index is -0.482. The molecule has 2 aliphatic rings. The van der Waals surface area contributed by atoms with Crippen LogP contribution in [0.2, 0.25) is 0 Å². The van der Waals surface area contributed by atoms with Crippen molar-refractivity contribution in [2.24, 2.45) is 5.16 Å². The SMILES string of the molecule is COC(=O)C1=NOC2(CCN(C(=O)c3cc(C)ccc3Br)CC2)C1. The summed E-state index contributed by atoms with van der Waals surface area (Å²) in [5.41, 5.74) is 1.55. The van der Waals surface area contributed by atoms with E-state index < -0.39 is 11.6 Å². The molecular weight excluding hydrogens is 376 g/mol. The fourth-order valence-electron chi connectivity index (χ4n) is 3.11. The lowest BCUT2D eigenvalue weighted by Crippen LogP contribution is -2.47. The van der Waals surface area contributed by atoms with E-state index in [1.807, 2.05) is 30.0 Å². The molecule has 1 aromatic rings. The van der Waals surface area contributed by atoms with Crippen molar-refractivity contribution in [3.05, 3.63) is 33.8 Å². The second-order valence-electron chi connectivity index (χ2n) is 6.26. The molecule has 2 aliphatic heterocycles. The molecule has 0 bridgehead atoms. The molecule has 1 spiro atoms. The predicted molar refractivity (Wildman–Crippen MR) is 91.9 cm³/mol. The highest BCUT2D eigenvalue weighted by atomic mass is 79.9. The molecule has 1 aromatic carbocycles. The lowest BCUT2D eigenvalue weighted by atomic mass is 9.86. The monoisotopic (exact) mass is 394 g/mol. The van der Waals surface area contributed by atoms with Crippen LogP contribution >= 0.6 is 15.9 Å². The highest BCUT2D eigenvalue weighted by Crippen LogP contribution is 2.35. The van der Waals surface area contributed by atoms with Gasteiger partial charge in [-0.05, 0) is 35.0 Å². The van der Waals surface area contributed by atoms with Gasteiger partial charge >= 0.3 is 5.97 Å². The van der Waals surface area contributed by atoms with Crippen LogP contribution < -0.4 is 0 Å². The third-order valence-corrected chi connectivity index (χ3v) is 5.27. The molecular formula is C17H19BrN2O4. The zero-order chi connectivity index (χ0) is 17.3. The zero-order valence-electron chi connectivity index (χ0n) is 13.7. The molecule has 128 valence electrons. The number of carbonyl (C=O) groups is 2. The minimum Gasteiger partial charge on any atom is -0.464 e. The number of likely N-dealkylation sites (tertiary alicyclic amines) is 1. The van der Waals surface area contributed by atoms with Gasteiger partial charge in [-0.15, -0.1) is 0 Å². The number of hydrogen-bond acceptors (Lipinski definition) is 5. The summed E-state index contributed by atoms with van der Waals surface area (Å²) < 4.78 is 5.49. The maximum Gasteiger partial charge on any atom is 0.355 e. The van der Waals surface area contributed by atoms with Crippen LogP contribution in [0, 0.1) is 6.92 Å². The Balaban J connectivity index is 1.65. The van der Waals surface area contributed by atoms with Crippen LogP contribution in [0.3, 0.4) is 0 Å². The normalized spacial score (nSPS) is 19.0. The summed E-state index contributed by atoms with van der Waals surface area (Å²) >= 11 is 3.45. The molecule has 0 radical (unpaired) electrons. The van der Waals surface area contributed by atoms with Gasteiger partial charge in [0.05, 0.1) is 12.7 Å². The van der Waals surface area contributed by atoms with Crippen molar-refractivity contribution in [3.8, 4) is 0 Å². The fourth-order valence-corrected chi connectivity index (χ4v) is 3.52. The molecule has 24 heavy (non-hydrogen) atoms. The first kappa shape index (κ1) is 17.0. The molecule has 2 heterocycles. The van der Waals surface area contributed by atoms with E-state index in [1.165, 1.54) is 7.11 Å². The first-order valence-electron chi connectivity index (χ1n) is 7.83. The molecule has 6 nitrogen and oxygen atoms in total. The second-order valence-corrected chi connectivity index (χ2v) is 7.11. The maximum atomic E-state index is 12.7. The van der Waals surface area contributed by atoms with Crippen LogP contribution in [-0.4, -0.2) is 48.3 Å². The number of piperidine rings is 1. The molecule has 0 unspecified atom stereocenters. The number of hydrogen-bond donors (Lipinski definition) is 0. The molecule has 3 rings (SSSR count). The van der Waals surface area contributed by atoms with Gasteiger partial charge in [-0.2, -0.15) is 0 Å². The third-order valence-electron chi connectivity index (χ3n) is 4.57. The van der Waals surface area contributed by atoms with E-state index >= 15 is 0 Å². The first-order valence-corrected chi connectivity index (χ1v) is 8.62. The van der Waals surface area contributed by atoms with Crippen molar-refractivity contribution in [2.75, 3.05) is 20.2 Å². The minimum absolute atomic E-state index is 0.00697. The number of esters is 1. The van der Waals surface area contributed by atoms with Crippen molar-refractivity contribution in [1.82, 2.24) is 4.90 Å². The summed E-state index contributed by atoms with van der Waals surface area (Å²) in [4.78, 5) is 31.7. The van der Waals surface area contributed by atoms with Gasteiger partial charge < -0.3 is 14.5 Å². The average molecular weight is 395 g/mol. The predicted octanol–water partition coefficient (Wildman–Crippen LogP) is 2.68. The van der Waals surface area contributed by atoms with Crippen LogP contribution in [0.1, 0.15) is 35.2 Å². The van der Waals surface area contributed by atoms with Crippen LogP contribution in [0.5, 0.6) is 0 Å². The van der Waals surface area contributed by atoms with Gasteiger partial charge in [0, 0.05) is 36.8 Å². The van der Waals surface area contributed by atoms with Gasteiger partial charge in [-0.3, -0.25) is 4.79 Å². The van der Waals surface area contributed by atoms with E-state index in [0.717, 1.165) is 10.0 Å². The lowest BCUT2D eigenvalue weighted by Gasteiger charge is -2.37. The van der Waals surface area contributed by atoms with E-state index in [2.05, 4.69) is 21.1 Å². The number of ether oxygens (including phenoxy) is 1. The average Bonchev–Trinajstić information content (AvgIpc) is 3.00. The molecule has 1 amide bonds. The summed E-state index contributed by atoms with van der Waals surface area (Å²) in [6.07, 6.45) is 1.73. The van der Waals surface area contributed by atoms with E-state index in [0.29, 0.717) is 43.6 Å². The fraction of sp³-hybridized carbons (Fsp3) is 0.471. The Hall–Kier alpha value is -1.89. The number of oxime groups is 1. The highest BCUT2D eigenvalue weighted by Gasteiger charge is 2.44. The maximum absolute atomic E-state index is 12.7. The smallest absolute Gasteiger partial charge is 0.355 e. The Morgan fingerprint density at radius 1 is 1.33 bits per heavy atom. The highest BCUT2D eigenvalue weighted by molar-refractivity contribution is 9.10. The summed E-state index contributed by atoms with van der Waals surface area (Å²) in [5.74, 6) is -0.443. The number of amides is 1. The topological polar surface area (TPSA) is 68.2 Å². The number of carbonyl (C=O) groups excluding carboxylic acids is 2. The van der Waals surface area contributed by atoms with Crippen LogP contribution in [0.15, 0.2) is 27.8 Å². The van der Waals surface area contributed by atoms with E-state index in [4.69, 9.17) is 9.57 Å². The van der Waals surface area contributed by atoms with Gasteiger partial charge in [0.1, 0.15) is 5.60 Å². The Bertz CT molecular complexity index is 709. The van der Waals surface area contributed by atoms with Gasteiger partial charge in [0.25, 0.3) is 5.91 Å². The van der Waals surface area contributed by atoms with Crippen molar-refractivity contribution < 1.29 is 19.2 Å². The standard InChI is InChI=1S/C17H19BrN2O4/c1-11-3-4-13(18)12(9-11)15(21)20-7-5-17(6-8-20)10-14(19-24-17)16(22)23-2/h3-4,9H,5-8,10H2,1-2H3. The van der Waals surface area contributed by atoms with Crippen LogP contribution in [0.25, 0.3) is 0 Å². The summed E-state index contributed by atoms with van der Waals surface area (Å²) in [5, 5.41) is 3.87. The quantitative estimate of drug-likeness (QED) is 0.723. The molecule has 1 saturated heterocycles. The third kappa shape index (κ3) is 3.17. The zero-order valence-corrected chi connectivity index (χ0v) is 15.3. The largest absolute Gasteiger partial charge is 0.464 e. The van der Waals surface area contributed by atoms with Crippen molar-refractivity contribution in [3.63, 3.8) is 0 Å². The van der Waals surface area contributed by atoms with E-state index in [9.17, 15) is 9.59 Å². The number of benzene rings is 1. The first-order chi connectivity index (χ1) is 11.4. The van der Waals surface area contributed by atoms with Crippen molar-refractivity contribution in [1.29, 1.82) is 0 Å². The summed E-state index contributed by atoms with van der Waals surface area (Å²) in [7, 11) is 1.33. The molecule has 0 N–H and O–H groups in total. The Kier molecular flexibility index (Phi) is 4.62. The van der Waals surface area contributed by atoms with Crippen LogP contribution in [0.4, 0.5) is 0 Å².